The van der Waals surface area contributed by atoms with Crippen LogP contribution in [0, 0.1) is 0 Å². The van der Waals surface area contributed by atoms with Crippen molar-refractivity contribution in [2.24, 2.45) is 0 Å². The predicted octanol–water partition coefficient (Wildman–Crippen LogP) is 3.87. The summed E-state index contributed by atoms with van der Waals surface area (Å²) in [5.74, 6) is 0. The summed E-state index contributed by atoms with van der Waals surface area (Å²) in [4.78, 5) is 0. The van der Waals surface area contributed by atoms with E-state index in [4.69, 9.17) is 0 Å². The van der Waals surface area contributed by atoms with Gasteiger partial charge in [-0.25, -0.2) is 0 Å². The van der Waals surface area contributed by atoms with Crippen molar-refractivity contribution in [3.05, 3.63) is 35.5 Å². The van der Waals surface area contributed by atoms with Crippen LogP contribution in [0.15, 0.2) is 35.5 Å². The van der Waals surface area contributed by atoms with E-state index in [1.807, 2.05) is 6.92 Å². The SMILES string of the molecule is C\C=C/C(C)=C(C)/C=C\CC. The van der Waals surface area contributed by atoms with E-state index >= 15 is 0 Å². The Morgan fingerprint density at radius 2 is 1.64 bits per heavy atom. The molecule has 0 nitrogen and oxygen atoms in total. The van der Waals surface area contributed by atoms with E-state index in [0.717, 1.165) is 6.42 Å². The van der Waals surface area contributed by atoms with Gasteiger partial charge in [0.05, 0.1) is 0 Å². The van der Waals surface area contributed by atoms with Crippen molar-refractivity contribution >= 4 is 0 Å². The highest BCUT2D eigenvalue weighted by Crippen LogP contribution is 2.06. The van der Waals surface area contributed by atoms with Crippen molar-refractivity contribution in [3.8, 4) is 0 Å². The summed E-state index contributed by atoms with van der Waals surface area (Å²) in [6.45, 7) is 8.46. The zero-order chi connectivity index (χ0) is 8.69. The maximum Gasteiger partial charge on any atom is -0.0376 e. The average molecular weight is 150 g/mol. The van der Waals surface area contributed by atoms with Gasteiger partial charge in [-0.15, -0.1) is 0 Å². The Labute approximate surface area is 70.3 Å². The molecule has 0 spiro atoms. The number of allylic oxidation sites excluding steroid dienone is 6. The van der Waals surface area contributed by atoms with Crippen LogP contribution >= 0.6 is 0 Å². The third-order valence-electron chi connectivity index (χ3n) is 1.64. The molecule has 0 radical (unpaired) electrons. The Kier molecular flexibility index (Phi) is 5.54. The first-order valence-electron chi connectivity index (χ1n) is 4.19. The fourth-order valence-corrected chi connectivity index (χ4v) is 0.808. The lowest BCUT2D eigenvalue weighted by Crippen LogP contribution is -1.74. The smallest absolute Gasteiger partial charge is 0.0376 e. The summed E-state index contributed by atoms with van der Waals surface area (Å²) >= 11 is 0. The molecule has 0 aromatic carbocycles. The third kappa shape index (κ3) is 4.60. The van der Waals surface area contributed by atoms with Gasteiger partial charge in [-0.3, -0.25) is 0 Å². The normalized spacial score (nSPS) is 14.5. The molecular formula is C11H18. The maximum absolute atomic E-state index is 2.18. The van der Waals surface area contributed by atoms with Crippen LogP contribution in [-0.4, -0.2) is 0 Å². The molecule has 0 amide bonds. The van der Waals surface area contributed by atoms with Crippen LogP contribution in [-0.2, 0) is 0 Å². The second-order valence-electron chi connectivity index (χ2n) is 2.68. The number of rotatable bonds is 3. The molecule has 0 aliphatic rings. The monoisotopic (exact) mass is 150 g/mol. The van der Waals surface area contributed by atoms with Gasteiger partial charge in [-0.05, 0) is 38.3 Å². The van der Waals surface area contributed by atoms with E-state index in [-0.39, 0.29) is 0 Å². The average Bonchev–Trinajstić information content (AvgIpc) is 2.00. The molecule has 0 fully saturated rings. The van der Waals surface area contributed by atoms with Gasteiger partial charge >= 0.3 is 0 Å². The first kappa shape index (κ1) is 10.2. The fourth-order valence-electron chi connectivity index (χ4n) is 0.808. The van der Waals surface area contributed by atoms with E-state index in [1.165, 1.54) is 11.1 Å². The zero-order valence-corrected chi connectivity index (χ0v) is 8.02. The third-order valence-corrected chi connectivity index (χ3v) is 1.64. The van der Waals surface area contributed by atoms with Crippen molar-refractivity contribution in [3.63, 3.8) is 0 Å². The van der Waals surface area contributed by atoms with Crippen LogP contribution in [0.5, 0.6) is 0 Å². The summed E-state index contributed by atoms with van der Waals surface area (Å²) in [5, 5.41) is 0. The van der Waals surface area contributed by atoms with Gasteiger partial charge in [0.2, 0.25) is 0 Å². The van der Waals surface area contributed by atoms with Gasteiger partial charge in [0.25, 0.3) is 0 Å². The lowest BCUT2D eigenvalue weighted by molar-refractivity contribution is 1.21. The molecule has 11 heavy (non-hydrogen) atoms. The van der Waals surface area contributed by atoms with Gasteiger partial charge in [0.1, 0.15) is 0 Å². The quantitative estimate of drug-likeness (QED) is 0.536. The van der Waals surface area contributed by atoms with Gasteiger partial charge in [0, 0.05) is 0 Å². The topological polar surface area (TPSA) is 0 Å². The van der Waals surface area contributed by atoms with Crippen molar-refractivity contribution in [2.45, 2.75) is 34.1 Å². The molecule has 0 aromatic heterocycles. The minimum absolute atomic E-state index is 1.11. The molecule has 0 saturated carbocycles. The van der Waals surface area contributed by atoms with Crippen molar-refractivity contribution in [2.75, 3.05) is 0 Å². The molecule has 0 bridgehead atoms. The molecule has 0 aromatic rings. The molecule has 0 rings (SSSR count). The molecule has 0 aliphatic carbocycles. The highest BCUT2D eigenvalue weighted by atomic mass is 13.9. The van der Waals surface area contributed by atoms with Crippen LogP contribution in [0.25, 0.3) is 0 Å². The Morgan fingerprint density at radius 3 is 2.09 bits per heavy atom. The zero-order valence-electron chi connectivity index (χ0n) is 8.02. The lowest BCUT2D eigenvalue weighted by atomic mass is 10.1. The van der Waals surface area contributed by atoms with Crippen LogP contribution in [0.3, 0.4) is 0 Å². The fraction of sp³-hybridized carbons (Fsp3) is 0.455. The summed E-state index contributed by atoms with van der Waals surface area (Å²) in [6, 6.07) is 0. The van der Waals surface area contributed by atoms with Crippen LogP contribution in [0.4, 0.5) is 0 Å². The molecule has 0 N–H and O–H groups in total. The second-order valence-corrected chi connectivity index (χ2v) is 2.68. The second kappa shape index (κ2) is 5.96. The van der Waals surface area contributed by atoms with Crippen molar-refractivity contribution in [1.29, 1.82) is 0 Å². The molecule has 0 atom stereocenters. The van der Waals surface area contributed by atoms with Gasteiger partial charge in [0.15, 0.2) is 0 Å². The summed E-state index contributed by atoms with van der Waals surface area (Å²) in [5.41, 5.74) is 2.70. The van der Waals surface area contributed by atoms with Gasteiger partial charge in [-0.1, -0.05) is 31.2 Å². The first-order valence-corrected chi connectivity index (χ1v) is 4.19. The Hall–Kier alpha value is -0.780. The summed E-state index contributed by atoms with van der Waals surface area (Å²) < 4.78 is 0. The Morgan fingerprint density at radius 1 is 1.09 bits per heavy atom. The Balaban J connectivity index is 4.27. The van der Waals surface area contributed by atoms with Crippen LogP contribution in [0.1, 0.15) is 34.1 Å². The van der Waals surface area contributed by atoms with E-state index in [0.29, 0.717) is 0 Å². The Bertz CT molecular complexity index is 180. The van der Waals surface area contributed by atoms with Crippen molar-refractivity contribution < 1.29 is 0 Å². The van der Waals surface area contributed by atoms with E-state index < -0.39 is 0 Å². The van der Waals surface area contributed by atoms with E-state index in [9.17, 15) is 0 Å². The summed E-state index contributed by atoms with van der Waals surface area (Å²) in [7, 11) is 0. The van der Waals surface area contributed by atoms with E-state index in [2.05, 4.69) is 45.1 Å². The number of hydrogen-bond acceptors (Lipinski definition) is 0. The molecular weight excluding hydrogens is 132 g/mol. The first-order chi connectivity index (χ1) is 5.22. The minimum Gasteiger partial charge on any atom is -0.0874 e. The molecule has 62 valence electrons. The minimum atomic E-state index is 1.11. The molecule has 0 heteroatoms. The van der Waals surface area contributed by atoms with Gasteiger partial charge < -0.3 is 0 Å². The molecule has 0 saturated heterocycles. The molecule has 0 heterocycles. The van der Waals surface area contributed by atoms with Gasteiger partial charge in [-0.2, -0.15) is 0 Å². The summed E-state index contributed by atoms with van der Waals surface area (Å²) in [6.07, 6.45) is 9.67. The van der Waals surface area contributed by atoms with Crippen LogP contribution < -0.4 is 0 Å². The largest absolute Gasteiger partial charge is 0.0874 e. The highest BCUT2D eigenvalue weighted by Gasteiger charge is 1.85. The number of hydrogen-bond donors (Lipinski definition) is 0. The predicted molar refractivity (Wildman–Crippen MR) is 52.6 cm³/mol. The molecule has 0 aliphatic heterocycles. The van der Waals surface area contributed by atoms with E-state index in [1.54, 1.807) is 0 Å². The van der Waals surface area contributed by atoms with Crippen molar-refractivity contribution in [1.82, 2.24) is 0 Å². The standard InChI is InChI=1S/C11H18/c1-5-7-9-11(4)10(3)8-6-2/h6-9H,5H2,1-4H3/b8-6-,9-7-,11-10+. The highest BCUT2D eigenvalue weighted by molar-refractivity contribution is 5.29. The molecule has 0 unspecified atom stereocenters. The lowest BCUT2D eigenvalue weighted by Gasteiger charge is -1.95. The van der Waals surface area contributed by atoms with Crippen LogP contribution in [0.2, 0.25) is 0 Å². The maximum atomic E-state index is 2.18.